The van der Waals surface area contributed by atoms with Gasteiger partial charge in [0.2, 0.25) is 12.7 Å². The summed E-state index contributed by atoms with van der Waals surface area (Å²) in [6, 6.07) is 16.3. The summed E-state index contributed by atoms with van der Waals surface area (Å²) >= 11 is 0. The predicted molar refractivity (Wildman–Crippen MR) is 124 cm³/mol. The molecule has 1 aromatic heterocycles. The van der Waals surface area contributed by atoms with E-state index in [2.05, 4.69) is 21.3 Å². The van der Waals surface area contributed by atoms with Crippen molar-refractivity contribution < 1.29 is 19.1 Å². The van der Waals surface area contributed by atoms with Gasteiger partial charge in [0.15, 0.2) is 17.8 Å². The lowest BCUT2D eigenvalue weighted by atomic mass is 10.0. The first kappa shape index (κ1) is 20.5. The summed E-state index contributed by atoms with van der Waals surface area (Å²) in [7, 11) is 0. The molecule has 0 spiro atoms. The standard InChI is InChI=1S/C24H24N6O4/c31-22-16-7-4-8-17(16)26-23(28-22)30-21(12-18(29-30)14-5-2-1-3-6-14)27-24(32)25-15-9-10-19-20(11-15)34-13-33-19/h1-3,5-6,9-12,16-17,23,26H,4,7-8,13H2,(H,28,31)(H2,25,27,32). The van der Waals surface area contributed by atoms with Crippen LogP contribution in [-0.2, 0) is 4.79 Å². The summed E-state index contributed by atoms with van der Waals surface area (Å²) in [5.74, 6) is 1.66. The molecule has 3 aliphatic rings. The highest BCUT2D eigenvalue weighted by molar-refractivity contribution is 5.99. The van der Waals surface area contributed by atoms with Gasteiger partial charge < -0.3 is 20.1 Å². The Morgan fingerprint density at radius 3 is 2.76 bits per heavy atom. The zero-order chi connectivity index (χ0) is 23.1. The zero-order valence-corrected chi connectivity index (χ0v) is 18.3. The largest absolute Gasteiger partial charge is 0.454 e. The topological polar surface area (TPSA) is 119 Å². The fourth-order valence-corrected chi connectivity index (χ4v) is 4.78. The lowest BCUT2D eigenvalue weighted by Crippen LogP contribution is -2.57. The summed E-state index contributed by atoms with van der Waals surface area (Å²) in [6.07, 6.45) is 2.27. The second-order valence-electron chi connectivity index (χ2n) is 8.59. The van der Waals surface area contributed by atoms with Crippen molar-refractivity contribution in [1.29, 1.82) is 0 Å². The van der Waals surface area contributed by atoms with E-state index in [1.54, 1.807) is 28.9 Å². The normalized spacial score (nSPS) is 22.7. The molecule has 3 atom stereocenters. The van der Waals surface area contributed by atoms with Crippen molar-refractivity contribution in [1.82, 2.24) is 20.4 Å². The fraction of sp³-hybridized carbons (Fsp3) is 0.292. The Hall–Kier alpha value is -4.05. The molecule has 10 heteroatoms. The monoisotopic (exact) mass is 460 g/mol. The minimum atomic E-state index is -0.565. The van der Waals surface area contributed by atoms with Gasteiger partial charge in [-0.3, -0.25) is 15.4 Å². The molecule has 10 nitrogen and oxygen atoms in total. The van der Waals surface area contributed by atoms with E-state index in [0.29, 0.717) is 28.7 Å². The number of nitrogens with one attached hydrogen (secondary N) is 4. The Labute approximate surface area is 195 Å². The summed E-state index contributed by atoms with van der Waals surface area (Å²) in [6.45, 7) is 0.161. The van der Waals surface area contributed by atoms with Crippen LogP contribution in [0.1, 0.15) is 25.6 Å². The van der Waals surface area contributed by atoms with E-state index in [1.165, 1.54) is 0 Å². The van der Waals surface area contributed by atoms with Gasteiger partial charge in [-0.2, -0.15) is 5.10 Å². The number of hydrogen-bond donors (Lipinski definition) is 4. The second kappa shape index (κ2) is 8.38. The number of rotatable bonds is 4. The Morgan fingerprint density at radius 1 is 1.03 bits per heavy atom. The van der Waals surface area contributed by atoms with E-state index in [0.717, 1.165) is 24.8 Å². The van der Waals surface area contributed by atoms with Crippen LogP contribution < -0.4 is 30.7 Å². The highest BCUT2D eigenvalue weighted by Gasteiger charge is 2.40. The molecule has 3 aromatic rings. The summed E-state index contributed by atoms with van der Waals surface area (Å²) in [5, 5.41) is 16.9. The fourth-order valence-electron chi connectivity index (χ4n) is 4.78. The molecule has 2 aliphatic heterocycles. The van der Waals surface area contributed by atoms with E-state index in [1.807, 2.05) is 30.3 Å². The quantitative estimate of drug-likeness (QED) is 0.475. The number of carbonyl (C=O) groups excluding carboxylic acids is 2. The van der Waals surface area contributed by atoms with Crippen molar-refractivity contribution in [3.63, 3.8) is 0 Å². The first-order chi connectivity index (χ1) is 16.6. The van der Waals surface area contributed by atoms with Crippen molar-refractivity contribution in [2.75, 3.05) is 17.4 Å². The van der Waals surface area contributed by atoms with Crippen LogP contribution in [0, 0.1) is 5.92 Å². The summed E-state index contributed by atoms with van der Waals surface area (Å²) < 4.78 is 12.3. The maximum Gasteiger partial charge on any atom is 0.324 e. The number of amides is 3. The van der Waals surface area contributed by atoms with Gasteiger partial charge in [-0.05, 0) is 25.0 Å². The molecular formula is C24H24N6O4. The molecule has 2 fully saturated rings. The Bertz CT molecular complexity index is 1240. The van der Waals surface area contributed by atoms with Gasteiger partial charge in [0.05, 0.1) is 11.6 Å². The highest BCUT2D eigenvalue weighted by atomic mass is 16.7. The van der Waals surface area contributed by atoms with E-state index in [9.17, 15) is 9.59 Å². The number of carbonyl (C=O) groups is 2. The average Bonchev–Trinajstić information content (AvgIpc) is 3.59. The molecule has 0 bridgehead atoms. The van der Waals surface area contributed by atoms with Gasteiger partial charge in [-0.15, -0.1) is 0 Å². The Kier molecular flexibility index (Phi) is 5.06. The summed E-state index contributed by atoms with van der Waals surface area (Å²) in [5.41, 5.74) is 2.15. The third kappa shape index (κ3) is 3.81. The van der Waals surface area contributed by atoms with E-state index in [-0.39, 0.29) is 24.7 Å². The minimum Gasteiger partial charge on any atom is -0.454 e. The van der Waals surface area contributed by atoms with Crippen LogP contribution >= 0.6 is 0 Å². The summed E-state index contributed by atoms with van der Waals surface area (Å²) in [4.78, 5) is 25.6. The number of urea groups is 1. The zero-order valence-electron chi connectivity index (χ0n) is 18.3. The lowest BCUT2D eigenvalue weighted by molar-refractivity contribution is -0.130. The van der Waals surface area contributed by atoms with Crippen molar-refractivity contribution in [2.45, 2.75) is 31.6 Å². The van der Waals surface area contributed by atoms with Crippen molar-refractivity contribution >= 4 is 23.4 Å². The number of hydrogen-bond acceptors (Lipinski definition) is 6. The van der Waals surface area contributed by atoms with E-state index < -0.39 is 12.3 Å². The molecule has 4 N–H and O–H groups in total. The Morgan fingerprint density at radius 2 is 1.88 bits per heavy atom. The molecule has 34 heavy (non-hydrogen) atoms. The number of fused-ring (bicyclic) bond motifs is 2. The molecule has 3 unspecified atom stereocenters. The van der Waals surface area contributed by atoms with Crippen LogP contribution in [0.15, 0.2) is 54.6 Å². The number of aromatic nitrogens is 2. The predicted octanol–water partition coefficient (Wildman–Crippen LogP) is 3.27. The molecule has 3 amide bonds. The van der Waals surface area contributed by atoms with Crippen LogP contribution in [0.2, 0.25) is 0 Å². The van der Waals surface area contributed by atoms with Crippen LogP contribution in [0.3, 0.4) is 0 Å². The maximum absolute atomic E-state index is 12.9. The maximum atomic E-state index is 12.9. The van der Waals surface area contributed by atoms with Gasteiger partial charge in [0, 0.05) is 29.4 Å². The molecule has 3 heterocycles. The van der Waals surface area contributed by atoms with Gasteiger partial charge in [0.25, 0.3) is 0 Å². The van der Waals surface area contributed by atoms with Crippen molar-refractivity contribution in [3.8, 4) is 22.8 Å². The van der Waals surface area contributed by atoms with Gasteiger partial charge in [-0.1, -0.05) is 36.8 Å². The van der Waals surface area contributed by atoms with E-state index >= 15 is 0 Å². The van der Waals surface area contributed by atoms with Crippen LogP contribution in [0.25, 0.3) is 11.3 Å². The molecule has 174 valence electrons. The first-order valence-corrected chi connectivity index (χ1v) is 11.3. The molecule has 1 aliphatic carbocycles. The van der Waals surface area contributed by atoms with Crippen LogP contribution in [0.4, 0.5) is 16.3 Å². The highest BCUT2D eigenvalue weighted by Crippen LogP contribution is 2.35. The molecule has 6 rings (SSSR count). The molecular weight excluding hydrogens is 436 g/mol. The van der Waals surface area contributed by atoms with Gasteiger partial charge >= 0.3 is 6.03 Å². The second-order valence-corrected chi connectivity index (χ2v) is 8.59. The van der Waals surface area contributed by atoms with Crippen LogP contribution in [-0.4, -0.2) is 34.6 Å². The number of anilines is 2. The number of benzene rings is 2. The molecule has 1 saturated carbocycles. The lowest BCUT2D eigenvalue weighted by Gasteiger charge is -2.34. The SMILES string of the molecule is O=C(Nc1ccc2c(c1)OCO2)Nc1cc(-c2ccccc2)nn1C1NC(=O)C2CCCC2N1. The first-order valence-electron chi connectivity index (χ1n) is 11.3. The molecule has 0 radical (unpaired) electrons. The number of ether oxygens (including phenoxy) is 2. The minimum absolute atomic E-state index is 0.0128. The third-order valence-electron chi connectivity index (χ3n) is 6.43. The smallest absolute Gasteiger partial charge is 0.324 e. The average molecular weight is 460 g/mol. The van der Waals surface area contributed by atoms with Gasteiger partial charge in [-0.25, -0.2) is 9.48 Å². The number of nitrogens with zero attached hydrogens (tertiary/aromatic N) is 2. The van der Waals surface area contributed by atoms with Crippen molar-refractivity contribution in [2.24, 2.45) is 5.92 Å². The van der Waals surface area contributed by atoms with Gasteiger partial charge in [0.1, 0.15) is 5.82 Å². The third-order valence-corrected chi connectivity index (χ3v) is 6.43. The van der Waals surface area contributed by atoms with E-state index in [4.69, 9.17) is 14.6 Å². The molecule has 1 saturated heterocycles. The molecule has 2 aromatic carbocycles. The Balaban J connectivity index is 1.27. The van der Waals surface area contributed by atoms with Crippen LogP contribution in [0.5, 0.6) is 11.5 Å². The van der Waals surface area contributed by atoms with Crippen molar-refractivity contribution in [3.05, 3.63) is 54.6 Å².